The number of rotatable bonds is 7. The van der Waals surface area contributed by atoms with Crippen molar-refractivity contribution in [3.63, 3.8) is 0 Å². The minimum Gasteiger partial charge on any atom is -0.375 e. The third-order valence-corrected chi connectivity index (χ3v) is 7.49. The van der Waals surface area contributed by atoms with E-state index in [2.05, 4.69) is 18.7 Å². The summed E-state index contributed by atoms with van der Waals surface area (Å²) in [4.78, 5) is 32.5. The Balaban J connectivity index is 1.85. The van der Waals surface area contributed by atoms with Gasteiger partial charge in [-0.05, 0) is 68.0 Å². The van der Waals surface area contributed by atoms with Gasteiger partial charge < -0.3 is 19.4 Å². The van der Waals surface area contributed by atoms with Crippen LogP contribution >= 0.6 is 0 Å². The van der Waals surface area contributed by atoms with Gasteiger partial charge in [0.05, 0.1) is 0 Å². The standard InChI is InChI=1S/C29H46FN3O3/c1-23(2)20-31-15-7-17-32(28(34)14-11-24-9-5-4-6-10-24)21-25-19-26(30)12-13-27(25)33(18-8-16-31)29(35)22-36-3/h12-13,19,23-24H,4-11,14-18,20-22H2,1-3H3. The Labute approximate surface area is 217 Å². The van der Waals surface area contributed by atoms with E-state index >= 15 is 0 Å². The fraction of sp³-hybridized carbons (Fsp3) is 0.724. The van der Waals surface area contributed by atoms with E-state index in [0.29, 0.717) is 49.1 Å². The van der Waals surface area contributed by atoms with Gasteiger partial charge in [-0.25, -0.2) is 4.39 Å². The minimum absolute atomic E-state index is 0.0312. The lowest BCUT2D eigenvalue weighted by Gasteiger charge is -2.32. The molecule has 202 valence electrons. The van der Waals surface area contributed by atoms with Gasteiger partial charge in [-0.1, -0.05) is 46.0 Å². The molecule has 0 aromatic heterocycles. The first kappa shape index (κ1) is 28.6. The Hall–Kier alpha value is -1.99. The van der Waals surface area contributed by atoms with E-state index in [0.717, 1.165) is 38.9 Å². The monoisotopic (exact) mass is 503 g/mol. The van der Waals surface area contributed by atoms with Crippen LogP contribution in [-0.4, -0.2) is 68.1 Å². The van der Waals surface area contributed by atoms with Crippen molar-refractivity contribution in [1.82, 2.24) is 9.80 Å². The normalized spacial score (nSPS) is 19.0. The summed E-state index contributed by atoms with van der Waals surface area (Å²) < 4.78 is 19.5. The molecule has 0 atom stereocenters. The number of hydrogen-bond acceptors (Lipinski definition) is 4. The van der Waals surface area contributed by atoms with Crippen molar-refractivity contribution in [2.24, 2.45) is 11.8 Å². The maximum absolute atomic E-state index is 14.4. The number of nitrogens with zero attached hydrogens (tertiary/aromatic N) is 3. The Kier molecular flexibility index (Phi) is 11.6. The lowest BCUT2D eigenvalue weighted by atomic mass is 9.86. The van der Waals surface area contributed by atoms with E-state index in [-0.39, 0.29) is 24.2 Å². The highest BCUT2D eigenvalue weighted by atomic mass is 19.1. The Morgan fingerprint density at radius 2 is 1.72 bits per heavy atom. The summed E-state index contributed by atoms with van der Waals surface area (Å²) in [7, 11) is 1.51. The van der Waals surface area contributed by atoms with Crippen LogP contribution in [0.3, 0.4) is 0 Å². The van der Waals surface area contributed by atoms with Crippen LogP contribution in [0.4, 0.5) is 10.1 Å². The van der Waals surface area contributed by atoms with E-state index in [9.17, 15) is 14.0 Å². The summed E-state index contributed by atoms with van der Waals surface area (Å²) in [6, 6.07) is 4.57. The lowest BCUT2D eigenvalue weighted by molar-refractivity contribution is -0.132. The number of carbonyl (C=O) groups is 2. The molecule has 1 aromatic carbocycles. The molecule has 1 aliphatic heterocycles. The highest BCUT2D eigenvalue weighted by Crippen LogP contribution is 2.29. The van der Waals surface area contributed by atoms with E-state index < -0.39 is 0 Å². The van der Waals surface area contributed by atoms with Crippen LogP contribution in [0.2, 0.25) is 0 Å². The molecule has 1 aliphatic carbocycles. The third kappa shape index (κ3) is 8.84. The first-order valence-electron chi connectivity index (χ1n) is 13.9. The fourth-order valence-corrected chi connectivity index (χ4v) is 5.73. The van der Waals surface area contributed by atoms with Crippen molar-refractivity contribution in [1.29, 1.82) is 0 Å². The molecule has 1 heterocycles. The van der Waals surface area contributed by atoms with Gasteiger partial charge in [0, 0.05) is 45.4 Å². The second-order valence-corrected chi connectivity index (χ2v) is 11.0. The Morgan fingerprint density at radius 3 is 2.42 bits per heavy atom. The van der Waals surface area contributed by atoms with E-state index in [1.807, 2.05) is 4.90 Å². The maximum atomic E-state index is 14.4. The molecule has 0 unspecified atom stereocenters. The lowest BCUT2D eigenvalue weighted by Crippen LogP contribution is -2.40. The first-order chi connectivity index (χ1) is 17.4. The van der Waals surface area contributed by atoms with Crippen molar-refractivity contribution in [2.75, 3.05) is 51.3 Å². The van der Waals surface area contributed by atoms with Gasteiger partial charge in [0.25, 0.3) is 5.91 Å². The molecule has 0 saturated heterocycles. The van der Waals surface area contributed by atoms with Gasteiger partial charge in [-0.15, -0.1) is 0 Å². The largest absolute Gasteiger partial charge is 0.375 e. The van der Waals surface area contributed by atoms with Gasteiger partial charge in [0.15, 0.2) is 0 Å². The molecular weight excluding hydrogens is 457 g/mol. The Morgan fingerprint density at radius 1 is 1.00 bits per heavy atom. The van der Waals surface area contributed by atoms with Gasteiger partial charge in [-0.2, -0.15) is 0 Å². The molecule has 1 saturated carbocycles. The summed E-state index contributed by atoms with van der Waals surface area (Å²) in [6.45, 7) is 8.67. The molecule has 36 heavy (non-hydrogen) atoms. The van der Waals surface area contributed by atoms with Crippen molar-refractivity contribution in [3.8, 4) is 0 Å². The zero-order valence-corrected chi connectivity index (χ0v) is 22.6. The molecule has 0 radical (unpaired) electrons. The molecule has 3 rings (SSSR count). The van der Waals surface area contributed by atoms with Gasteiger partial charge in [0.1, 0.15) is 12.4 Å². The molecule has 2 amide bonds. The number of fused-ring (bicyclic) bond motifs is 1. The molecule has 0 N–H and O–H groups in total. The fourth-order valence-electron chi connectivity index (χ4n) is 5.73. The zero-order chi connectivity index (χ0) is 25.9. The molecule has 1 aromatic rings. The summed E-state index contributed by atoms with van der Waals surface area (Å²) in [5.41, 5.74) is 1.37. The number of amides is 2. The number of benzene rings is 1. The molecule has 6 nitrogen and oxygen atoms in total. The van der Waals surface area contributed by atoms with E-state index in [4.69, 9.17) is 4.74 Å². The predicted octanol–water partition coefficient (Wildman–Crippen LogP) is 5.25. The van der Waals surface area contributed by atoms with Crippen molar-refractivity contribution >= 4 is 17.5 Å². The molecule has 7 heteroatoms. The van der Waals surface area contributed by atoms with Crippen molar-refractivity contribution in [2.45, 2.75) is 78.2 Å². The maximum Gasteiger partial charge on any atom is 0.252 e. The highest BCUT2D eigenvalue weighted by molar-refractivity contribution is 5.95. The van der Waals surface area contributed by atoms with E-state index in [1.54, 1.807) is 11.0 Å². The number of methoxy groups -OCH3 is 1. The van der Waals surface area contributed by atoms with Crippen LogP contribution < -0.4 is 4.90 Å². The van der Waals surface area contributed by atoms with E-state index in [1.165, 1.54) is 51.3 Å². The number of anilines is 1. The Bertz CT molecular complexity index is 841. The molecular formula is C29H46FN3O3. The number of halogens is 1. The first-order valence-corrected chi connectivity index (χ1v) is 13.9. The van der Waals surface area contributed by atoms with Crippen LogP contribution in [0.25, 0.3) is 0 Å². The van der Waals surface area contributed by atoms with Crippen LogP contribution in [-0.2, 0) is 20.9 Å². The molecule has 0 bridgehead atoms. The number of hydrogen-bond donors (Lipinski definition) is 0. The predicted molar refractivity (Wildman–Crippen MR) is 142 cm³/mol. The van der Waals surface area contributed by atoms with Gasteiger partial charge in [0.2, 0.25) is 5.91 Å². The smallest absolute Gasteiger partial charge is 0.252 e. The second kappa shape index (κ2) is 14.7. The SMILES string of the molecule is COCC(=O)N1CCCN(CC(C)C)CCCN(C(=O)CCC2CCCCC2)Cc2cc(F)ccc21. The average molecular weight is 504 g/mol. The van der Waals surface area contributed by atoms with Crippen LogP contribution in [0.1, 0.15) is 77.2 Å². The quantitative estimate of drug-likeness (QED) is 0.510. The number of carbonyl (C=O) groups excluding carboxylic acids is 2. The average Bonchev–Trinajstić information content (AvgIpc) is 2.84. The molecule has 1 fully saturated rings. The summed E-state index contributed by atoms with van der Waals surface area (Å²) in [5.74, 6) is 0.827. The van der Waals surface area contributed by atoms with Crippen LogP contribution in [0, 0.1) is 17.7 Å². The topological polar surface area (TPSA) is 53.1 Å². The minimum atomic E-state index is -0.349. The van der Waals surface area contributed by atoms with Crippen molar-refractivity contribution in [3.05, 3.63) is 29.6 Å². The van der Waals surface area contributed by atoms with Gasteiger partial charge in [-0.3, -0.25) is 9.59 Å². The summed E-state index contributed by atoms with van der Waals surface area (Å²) in [5, 5.41) is 0. The zero-order valence-electron chi connectivity index (χ0n) is 22.6. The molecule has 0 spiro atoms. The summed E-state index contributed by atoms with van der Waals surface area (Å²) >= 11 is 0. The van der Waals surface area contributed by atoms with Crippen molar-refractivity contribution < 1.29 is 18.7 Å². The highest BCUT2D eigenvalue weighted by Gasteiger charge is 2.24. The third-order valence-electron chi connectivity index (χ3n) is 7.49. The molecule has 2 aliphatic rings. The van der Waals surface area contributed by atoms with Crippen LogP contribution in [0.5, 0.6) is 0 Å². The van der Waals surface area contributed by atoms with Crippen LogP contribution in [0.15, 0.2) is 18.2 Å². The summed E-state index contributed by atoms with van der Waals surface area (Å²) in [6.07, 6.45) is 9.48. The second-order valence-electron chi connectivity index (χ2n) is 11.0. The van der Waals surface area contributed by atoms with Gasteiger partial charge >= 0.3 is 0 Å². The number of ether oxygens (including phenoxy) is 1.